The van der Waals surface area contributed by atoms with E-state index in [-0.39, 0.29) is 0 Å². The van der Waals surface area contributed by atoms with Crippen molar-refractivity contribution in [2.75, 3.05) is 23.3 Å². The number of pyridine rings is 1. The number of rotatable bonds is 4. The normalized spacial score (nSPS) is 20.8. The first-order valence-electron chi connectivity index (χ1n) is 9.03. The average molecular weight is 351 g/mol. The lowest BCUT2D eigenvalue weighted by Crippen LogP contribution is -2.42. The van der Waals surface area contributed by atoms with Crippen molar-refractivity contribution in [1.82, 2.24) is 15.0 Å². The van der Waals surface area contributed by atoms with E-state index in [1.807, 2.05) is 18.5 Å². The Balaban J connectivity index is 1.34. The first kappa shape index (κ1) is 15.1. The molecule has 2 aliphatic rings. The van der Waals surface area contributed by atoms with E-state index in [0.29, 0.717) is 12.0 Å². The molecule has 5 rings (SSSR count). The van der Waals surface area contributed by atoms with Gasteiger partial charge in [-0.2, -0.15) is 0 Å². The number of hydrogen-bond donors (Lipinski definition) is 1. The average Bonchev–Trinajstić information content (AvgIpc) is 3.39. The number of hydrogen-bond acceptors (Lipinski definition) is 6. The van der Waals surface area contributed by atoms with Gasteiger partial charge in [-0.15, -0.1) is 11.3 Å². The largest absolute Gasteiger partial charge is 0.365 e. The summed E-state index contributed by atoms with van der Waals surface area (Å²) in [6.07, 6.45) is 8.61. The highest BCUT2D eigenvalue weighted by molar-refractivity contribution is 7.17. The molecule has 1 aliphatic carbocycles. The molecule has 25 heavy (non-hydrogen) atoms. The van der Waals surface area contributed by atoms with Crippen LogP contribution >= 0.6 is 11.3 Å². The van der Waals surface area contributed by atoms with Crippen LogP contribution in [0.3, 0.4) is 0 Å². The molecule has 1 atom stereocenters. The summed E-state index contributed by atoms with van der Waals surface area (Å²) in [4.78, 5) is 16.2. The van der Waals surface area contributed by atoms with E-state index < -0.39 is 0 Å². The maximum Gasteiger partial charge on any atom is 0.137 e. The lowest BCUT2D eigenvalue weighted by molar-refractivity contribution is 0.526. The molecule has 4 heterocycles. The molecule has 0 aromatic carbocycles. The van der Waals surface area contributed by atoms with Gasteiger partial charge in [-0.05, 0) is 49.3 Å². The zero-order chi connectivity index (χ0) is 16.6. The highest BCUT2D eigenvalue weighted by Gasteiger charge is 2.27. The zero-order valence-electron chi connectivity index (χ0n) is 14.1. The highest BCUT2D eigenvalue weighted by Crippen LogP contribution is 2.38. The first-order valence-corrected chi connectivity index (χ1v) is 9.91. The van der Waals surface area contributed by atoms with Crippen LogP contribution in [0.4, 0.5) is 11.6 Å². The highest BCUT2D eigenvalue weighted by atomic mass is 32.1. The number of nitrogens with zero attached hydrogens (tertiary/aromatic N) is 4. The fourth-order valence-electron chi connectivity index (χ4n) is 3.62. The van der Waals surface area contributed by atoms with E-state index in [0.717, 1.165) is 30.5 Å². The monoisotopic (exact) mass is 351 g/mol. The predicted molar refractivity (Wildman–Crippen MR) is 102 cm³/mol. The van der Waals surface area contributed by atoms with Gasteiger partial charge in [0.1, 0.15) is 17.5 Å². The minimum absolute atomic E-state index is 0.395. The Morgan fingerprint density at radius 2 is 2.00 bits per heavy atom. The lowest BCUT2D eigenvalue weighted by Gasteiger charge is -2.34. The van der Waals surface area contributed by atoms with Crippen LogP contribution < -0.4 is 10.2 Å². The second-order valence-corrected chi connectivity index (χ2v) is 7.92. The Morgan fingerprint density at radius 3 is 2.92 bits per heavy atom. The molecule has 1 saturated carbocycles. The van der Waals surface area contributed by atoms with Gasteiger partial charge in [0, 0.05) is 47.5 Å². The molecule has 6 heteroatoms. The molecule has 0 spiro atoms. The van der Waals surface area contributed by atoms with E-state index in [2.05, 4.69) is 37.7 Å². The second-order valence-electron chi connectivity index (χ2n) is 6.97. The fourth-order valence-corrected chi connectivity index (χ4v) is 4.40. The minimum Gasteiger partial charge on any atom is -0.365 e. The molecule has 1 aliphatic heterocycles. The van der Waals surface area contributed by atoms with E-state index in [9.17, 15) is 0 Å². The van der Waals surface area contributed by atoms with Crippen molar-refractivity contribution < 1.29 is 0 Å². The third kappa shape index (κ3) is 3.06. The summed E-state index contributed by atoms with van der Waals surface area (Å²) < 4.78 is 1.31. The third-order valence-electron chi connectivity index (χ3n) is 5.05. The predicted octanol–water partition coefficient (Wildman–Crippen LogP) is 4.04. The van der Waals surface area contributed by atoms with Crippen LogP contribution in [-0.2, 0) is 0 Å². The third-order valence-corrected chi connectivity index (χ3v) is 5.93. The van der Waals surface area contributed by atoms with Crippen LogP contribution in [-0.4, -0.2) is 34.1 Å². The summed E-state index contributed by atoms with van der Waals surface area (Å²) >= 11 is 1.78. The molecule has 0 radical (unpaired) electrons. The molecule has 0 bridgehead atoms. The Morgan fingerprint density at radius 1 is 1.08 bits per heavy atom. The Labute approximate surface area is 151 Å². The van der Waals surface area contributed by atoms with Gasteiger partial charge in [0.25, 0.3) is 0 Å². The van der Waals surface area contributed by atoms with Crippen LogP contribution in [0.1, 0.15) is 37.4 Å². The van der Waals surface area contributed by atoms with Crippen molar-refractivity contribution in [3.05, 3.63) is 41.8 Å². The topological polar surface area (TPSA) is 53.9 Å². The van der Waals surface area contributed by atoms with Gasteiger partial charge in [0.05, 0.1) is 0 Å². The molecule has 1 unspecified atom stereocenters. The quantitative estimate of drug-likeness (QED) is 0.769. The molecule has 3 aromatic rings. The Bertz CT molecular complexity index is 888. The van der Waals surface area contributed by atoms with Gasteiger partial charge in [-0.25, -0.2) is 15.0 Å². The maximum atomic E-state index is 4.71. The van der Waals surface area contributed by atoms with Crippen molar-refractivity contribution in [1.29, 1.82) is 0 Å². The van der Waals surface area contributed by atoms with Gasteiger partial charge in [0.15, 0.2) is 0 Å². The zero-order valence-corrected chi connectivity index (χ0v) is 14.9. The second kappa shape index (κ2) is 6.26. The number of piperidine rings is 1. The molecular weight excluding hydrogens is 330 g/mol. The summed E-state index contributed by atoms with van der Waals surface area (Å²) in [5.41, 5.74) is 0. The number of thiophene rings is 1. The van der Waals surface area contributed by atoms with Gasteiger partial charge < -0.3 is 10.2 Å². The molecule has 1 saturated heterocycles. The van der Waals surface area contributed by atoms with Gasteiger partial charge >= 0.3 is 0 Å². The van der Waals surface area contributed by atoms with Crippen LogP contribution in [0.15, 0.2) is 36.0 Å². The number of nitrogens with one attached hydrogen (secondary N) is 1. The summed E-state index contributed by atoms with van der Waals surface area (Å²) in [5.74, 6) is 3.67. The van der Waals surface area contributed by atoms with Gasteiger partial charge in [-0.3, -0.25) is 0 Å². The summed E-state index contributed by atoms with van der Waals surface area (Å²) in [5, 5.41) is 7.05. The van der Waals surface area contributed by atoms with Crippen LogP contribution in [0, 0.1) is 0 Å². The Hall–Kier alpha value is -2.21. The standard InChI is InChI=1S/C19H21N5S/c1-2-14(22-17-6-9-20-18(23-17)13-3-4-13)12-24(10-1)19-15-7-11-25-16(15)5-8-21-19/h5-9,11,13-14H,1-4,10,12H2,(H,20,22,23). The van der Waals surface area contributed by atoms with Crippen molar-refractivity contribution in [3.8, 4) is 0 Å². The van der Waals surface area contributed by atoms with Crippen LogP contribution in [0.2, 0.25) is 0 Å². The van der Waals surface area contributed by atoms with E-state index in [1.165, 1.54) is 35.8 Å². The lowest BCUT2D eigenvalue weighted by atomic mass is 10.1. The van der Waals surface area contributed by atoms with Crippen LogP contribution in [0.5, 0.6) is 0 Å². The smallest absolute Gasteiger partial charge is 0.137 e. The van der Waals surface area contributed by atoms with E-state index in [1.54, 1.807) is 11.3 Å². The van der Waals surface area contributed by atoms with Crippen molar-refractivity contribution in [2.24, 2.45) is 0 Å². The van der Waals surface area contributed by atoms with Gasteiger partial charge in [-0.1, -0.05) is 0 Å². The van der Waals surface area contributed by atoms with E-state index in [4.69, 9.17) is 4.98 Å². The fraction of sp³-hybridized carbons (Fsp3) is 0.421. The molecule has 128 valence electrons. The summed E-state index contributed by atoms with van der Waals surface area (Å²) in [6.45, 7) is 2.03. The molecule has 2 fully saturated rings. The molecule has 3 aromatic heterocycles. The molecule has 0 amide bonds. The van der Waals surface area contributed by atoms with E-state index >= 15 is 0 Å². The van der Waals surface area contributed by atoms with Crippen molar-refractivity contribution in [3.63, 3.8) is 0 Å². The molecule has 5 nitrogen and oxygen atoms in total. The number of aromatic nitrogens is 3. The summed E-state index contributed by atoms with van der Waals surface area (Å²) in [7, 11) is 0. The minimum atomic E-state index is 0.395. The van der Waals surface area contributed by atoms with Crippen LogP contribution in [0.25, 0.3) is 10.1 Å². The number of fused-ring (bicyclic) bond motifs is 1. The van der Waals surface area contributed by atoms with Crippen molar-refractivity contribution in [2.45, 2.75) is 37.6 Å². The number of anilines is 2. The van der Waals surface area contributed by atoms with Gasteiger partial charge in [0.2, 0.25) is 0 Å². The maximum absolute atomic E-state index is 4.71. The summed E-state index contributed by atoms with van der Waals surface area (Å²) in [6, 6.07) is 6.67. The van der Waals surface area contributed by atoms with Crippen molar-refractivity contribution >= 4 is 33.1 Å². The molecule has 1 N–H and O–H groups in total. The molecular formula is C19H21N5S. The Kier molecular flexibility index (Phi) is 3.77. The SMILES string of the molecule is c1cc(NC2CCCN(c3nccc4sccc34)C2)nc(C2CC2)n1. The first-order chi connectivity index (χ1) is 12.4.